The number of carbonyl (C=O) groups is 1. The van der Waals surface area contributed by atoms with Gasteiger partial charge in [-0.2, -0.15) is 0 Å². The highest BCUT2D eigenvalue weighted by Crippen LogP contribution is 2.16. The molecule has 6 nitrogen and oxygen atoms in total. The standard InChI is InChI=1S/C12H16N2O4/c1-2-4-10(12(15)16)18-9-6-3-5-8(7-9)11(13)14-17/h3,5-7,10,17H,2,4H2,1H3,(H2,13,14)(H,15,16)/t10-/m1/s1. The Morgan fingerprint density at radius 2 is 2.28 bits per heavy atom. The van der Waals surface area contributed by atoms with Crippen molar-refractivity contribution in [3.63, 3.8) is 0 Å². The number of hydrogen-bond donors (Lipinski definition) is 4. The number of hydrogen-bond acceptors (Lipinski definition) is 4. The van der Waals surface area contributed by atoms with E-state index in [0.717, 1.165) is 0 Å². The molecule has 0 saturated heterocycles. The van der Waals surface area contributed by atoms with E-state index in [-0.39, 0.29) is 5.84 Å². The number of hydroxylamine groups is 1. The Hall–Kier alpha value is -2.08. The van der Waals surface area contributed by atoms with Crippen LogP contribution < -0.4 is 10.2 Å². The number of carboxylic acid groups (broad SMARTS) is 1. The summed E-state index contributed by atoms with van der Waals surface area (Å²) in [6, 6.07) is 6.34. The van der Waals surface area contributed by atoms with Crippen molar-refractivity contribution in [2.45, 2.75) is 25.9 Å². The second kappa shape index (κ2) is 6.61. The number of rotatable bonds is 6. The number of nitrogens with one attached hydrogen (secondary N) is 2. The van der Waals surface area contributed by atoms with E-state index in [4.69, 9.17) is 20.5 Å². The van der Waals surface area contributed by atoms with Gasteiger partial charge in [0.25, 0.3) is 0 Å². The average molecular weight is 252 g/mol. The first kappa shape index (κ1) is 14.0. The van der Waals surface area contributed by atoms with Crippen molar-refractivity contribution in [3.05, 3.63) is 29.8 Å². The minimum absolute atomic E-state index is 0.178. The molecule has 0 aliphatic rings. The third-order valence-electron chi connectivity index (χ3n) is 2.34. The number of amidine groups is 1. The Bertz CT molecular complexity index is 434. The fourth-order valence-electron chi connectivity index (χ4n) is 1.45. The van der Waals surface area contributed by atoms with Crippen LogP contribution in [0.3, 0.4) is 0 Å². The van der Waals surface area contributed by atoms with Crippen LogP contribution >= 0.6 is 0 Å². The van der Waals surface area contributed by atoms with Gasteiger partial charge < -0.3 is 9.84 Å². The first-order valence-electron chi connectivity index (χ1n) is 5.57. The molecular formula is C12H16N2O4. The molecule has 0 fully saturated rings. The molecule has 0 radical (unpaired) electrons. The first-order chi connectivity index (χ1) is 8.58. The van der Waals surface area contributed by atoms with Crippen molar-refractivity contribution in [1.29, 1.82) is 5.41 Å². The van der Waals surface area contributed by atoms with Gasteiger partial charge in [0.2, 0.25) is 0 Å². The smallest absolute Gasteiger partial charge is 0.344 e. The quantitative estimate of drug-likeness (QED) is 0.350. The van der Waals surface area contributed by atoms with E-state index in [0.29, 0.717) is 24.2 Å². The highest BCUT2D eigenvalue weighted by Gasteiger charge is 2.18. The van der Waals surface area contributed by atoms with Gasteiger partial charge in [-0.1, -0.05) is 25.5 Å². The molecule has 0 heterocycles. The molecule has 1 rings (SSSR count). The molecule has 0 aliphatic carbocycles. The van der Waals surface area contributed by atoms with E-state index >= 15 is 0 Å². The number of carboxylic acids is 1. The maximum absolute atomic E-state index is 10.9. The van der Waals surface area contributed by atoms with Gasteiger partial charge in [0.1, 0.15) is 11.6 Å². The molecule has 18 heavy (non-hydrogen) atoms. The third kappa shape index (κ3) is 3.74. The Morgan fingerprint density at radius 3 is 2.83 bits per heavy atom. The van der Waals surface area contributed by atoms with Crippen LogP contribution in [-0.4, -0.2) is 28.2 Å². The van der Waals surface area contributed by atoms with Gasteiger partial charge in [0, 0.05) is 5.56 Å². The fraction of sp³-hybridized carbons (Fsp3) is 0.333. The van der Waals surface area contributed by atoms with Crippen molar-refractivity contribution in [2.75, 3.05) is 0 Å². The van der Waals surface area contributed by atoms with Crippen molar-refractivity contribution in [3.8, 4) is 5.75 Å². The van der Waals surface area contributed by atoms with Gasteiger partial charge in [-0.05, 0) is 18.6 Å². The van der Waals surface area contributed by atoms with Crippen molar-refractivity contribution in [2.24, 2.45) is 0 Å². The van der Waals surface area contributed by atoms with Gasteiger partial charge >= 0.3 is 5.97 Å². The van der Waals surface area contributed by atoms with E-state index in [1.54, 1.807) is 23.7 Å². The minimum atomic E-state index is -1.02. The summed E-state index contributed by atoms with van der Waals surface area (Å²) in [7, 11) is 0. The second-order valence-electron chi connectivity index (χ2n) is 3.75. The second-order valence-corrected chi connectivity index (χ2v) is 3.75. The molecule has 0 amide bonds. The molecule has 1 aromatic rings. The number of benzene rings is 1. The molecule has 4 N–H and O–H groups in total. The Kier molecular flexibility index (Phi) is 5.13. The monoisotopic (exact) mass is 252 g/mol. The molecule has 0 saturated carbocycles. The van der Waals surface area contributed by atoms with Crippen LogP contribution in [0, 0.1) is 5.41 Å². The Morgan fingerprint density at radius 1 is 1.56 bits per heavy atom. The van der Waals surface area contributed by atoms with Crippen molar-refractivity contribution < 1.29 is 19.8 Å². The molecule has 0 unspecified atom stereocenters. The lowest BCUT2D eigenvalue weighted by Crippen LogP contribution is -2.27. The number of aliphatic carboxylic acids is 1. The lowest BCUT2D eigenvalue weighted by Gasteiger charge is -2.14. The van der Waals surface area contributed by atoms with E-state index in [2.05, 4.69) is 0 Å². The summed E-state index contributed by atoms with van der Waals surface area (Å²) < 4.78 is 5.35. The van der Waals surface area contributed by atoms with E-state index in [9.17, 15) is 4.79 Å². The third-order valence-corrected chi connectivity index (χ3v) is 2.34. The van der Waals surface area contributed by atoms with Gasteiger partial charge in [0.05, 0.1) is 0 Å². The summed E-state index contributed by atoms with van der Waals surface area (Å²) in [5.74, 6) is -0.839. The van der Waals surface area contributed by atoms with Crippen molar-refractivity contribution >= 4 is 11.8 Å². The fourth-order valence-corrected chi connectivity index (χ4v) is 1.45. The zero-order chi connectivity index (χ0) is 13.5. The molecule has 6 heteroatoms. The predicted molar refractivity (Wildman–Crippen MR) is 65.2 cm³/mol. The molecule has 1 atom stereocenters. The normalized spacial score (nSPS) is 11.7. The summed E-state index contributed by atoms with van der Waals surface area (Å²) in [5.41, 5.74) is 2.13. The zero-order valence-corrected chi connectivity index (χ0v) is 10.0. The molecule has 0 spiro atoms. The SMILES string of the molecule is CCC[C@@H](Oc1cccc(C(=N)NO)c1)C(=O)O. The Labute approximate surface area is 105 Å². The summed E-state index contributed by atoms with van der Waals surface area (Å²) in [4.78, 5) is 10.9. The highest BCUT2D eigenvalue weighted by molar-refractivity contribution is 5.95. The maximum atomic E-state index is 10.9. The average Bonchev–Trinajstić information content (AvgIpc) is 2.37. The molecule has 0 aromatic heterocycles. The minimum Gasteiger partial charge on any atom is -0.479 e. The largest absolute Gasteiger partial charge is 0.479 e. The molecule has 1 aromatic carbocycles. The van der Waals surface area contributed by atoms with Gasteiger partial charge in [-0.3, -0.25) is 16.1 Å². The lowest BCUT2D eigenvalue weighted by molar-refractivity contribution is -0.145. The van der Waals surface area contributed by atoms with Crippen LogP contribution in [0.2, 0.25) is 0 Å². The molecular weight excluding hydrogens is 236 g/mol. The van der Waals surface area contributed by atoms with Crippen LogP contribution in [0.25, 0.3) is 0 Å². The van der Waals surface area contributed by atoms with E-state index in [1.807, 2.05) is 6.92 Å². The van der Waals surface area contributed by atoms with Crippen LogP contribution in [0.5, 0.6) is 5.75 Å². The summed E-state index contributed by atoms with van der Waals surface area (Å²) in [6.45, 7) is 1.88. The van der Waals surface area contributed by atoms with Gasteiger partial charge in [-0.15, -0.1) is 0 Å². The lowest BCUT2D eigenvalue weighted by atomic mass is 10.2. The summed E-state index contributed by atoms with van der Waals surface area (Å²) in [5, 5.41) is 25.0. The predicted octanol–water partition coefficient (Wildman–Crippen LogP) is 1.62. The van der Waals surface area contributed by atoms with E-state index in [1.165, 1.54) is 6.07 Å². The Balaban J connectivity index is 2.83. The summed E-state index contributed by atoms with van der Waals surface area (Å²) in [6.07, 6.45) is 0.210. The topological polar surface area (TPSA) is 103 Å². The van der Waals surface area contributed by atoms with E-state index < -0.39 is 12.1 Å². The van der Waals surface area contributed by atoms with Crippen LogP contribution in [0.15, 0.2) is 24.3 Å². The highest BCUT2D eigenvalue weighted by atomic mass is 16.5. The first-order valence-corrected chi connectivity index (χ1v) is 5.57. The molecule has 0 bridgehead atoms. The van der Waals surface area contributed by atoms with Gasteiger partial charge in [-0.25, -0.2) is 4.79 Å². The van der Waals surface area contributed by atoms with Gasteiger partial charge in [0.15, 0.2) is 6.10 Å². The molecule has 0 aliphatic heterocycles. The maximum Gasteiger partial charge on any atom is 0.344 e. The zero-order valence-electron chi connectivity index (χ0n) is 10.0. The van der Waals surface area contributed by atoms with Crippen molar-refractivity contribution in [1.82, 2.24) is 5.48 Å². The molecule has 98 valence electrons. The van der Waals surface area contributed by atoms with Crippen LogP contribution in [0.4, 0.5) is 0 Å². The van der Waals surface area contributed by atoms with Crippen LogP contribution in [0.1, 0.15) is 25.3 Å². The number of ether oxygens (including phenoxy) is 1. The van der Waals surface area contributed by atoms with Crippen LogP contribution in [-0.2, 0) is 4.79 Å². The summed E-state index contributed by atoms with van der Waals surface area (Å²) >= 11 is 0.